The first-order valence-electron chi connectivity index (χ1n) is 4.27. The zero-order valence-corrected chi connectivity index (χ0v) is 8.47. The molecule has 0 amide bonds. The van der Waals surface area contributed by atoms with Crippen LogP contribution in [0.5, 0.6) is 0 Å². The van der Waals surface area contributed by atoms with Crippen LogP contribution in [-0.2, 0) is 9.53 Å². The van der Waals surface area contributed by atoms with Crippen molar-refractivity contribution in [3.8, 4) is 0 Å². The van der Waals surface area contributed by atoms with Gasteiger partial charge in [0.25, 0.3) is 0 Å². The topological polar surface area (TPSA) is 58.6 Å². The summed E-state index contributed by atoms with van der Waals surface area (Å²) in [5.74, 6) is -0.741. The summed E-state index contributed by atoms with van der Waals surface area (Å²) in [6, 6.07) is 0.204. The van der Waals surface area contributed by atoms with Gasteiger partial charge in [-0.25, -0.2) is 0 Å². The molecule has 1 saturated heterocycles. The maximum Gasteiger partial charge on any atom is 0.303 e. The third-order valence-corrected chi connectivity index (χ3v) is 2.13. The third kappa shape index (κ3) is 4.45. The maximum atomic E-state index is 10.3. The standard InChI is InChI=1S/C8H15NO3.ClH/c1-6-7(2-3-8(10)11)9-4-5-12-6;/h6-7,9H,2-5H2,1H3,(H,10,11);1H/t6-,7-;/m1./s1. The van der Waals surface area contributed by atoms with E-state index in [9.17, 15) is 4.79 Å². The SMILES string of the molecule is C[C@H]1OCCN[C@@H]1CCC(=O)O.Cl. The van der Waals surface area contributed by atoms with E-state index in [-0.39, 0.29) is 31.0 Å². The van der Waals surface area contributed by atoms with Gasteiger partial charge < -0.3 is 15.2 Å². The Hall–Kier alpha value is -0.320. The van der Waals surface area contributed by atoms with Crippen LogP contribution in [0.15, 0.2) is 0 Å². The lowest BCUT2D eigenvalue weighted by Crippen LogP contribution is -2.47. The number of halogens is 1. The molecule has 0 bridgehead atoms. The zero-order valence-electron chi connectivity index (χ0n) is 7.66. The number of rotatable bonds is 3. The van der Waals surface area contributed by atoms with Crippen LogP contribution >= 0.6 is 12.4 Å². The molecule has 13 heavy (non-hydrogen) atoms. The maximum absolute atomic E-state index is 10.3. The molecule has 0 unspecified atom stereocenters. The van der Waals surface area contributed by atoms with E-state index in [4.69, 9.17) is 9.84 Å². The normalized spacial score (nSPS) is 27.8. The summed E-state index contributed by atoms with van der Waals surface area (Å²) in [6.45, 7) is 3.53. The summed E-state index contributed by atoms with van der Waals surface area (Å²) in [5, 5.41) is 11.7. The van der Waals surface area contributed by atoms with Crippen LogP contribution in [0.25, 0.3) is 0 Å². The number of carboxylic acids is 1. The molecular weight excluding hydrogens is 194 g/mol. The van der Waals surface area contributed by atoms with Crippen molar-refractivity contribution in [1.29, 1.82) is 0 Å². The molecule has 1 aliphatic heterocycles. The highest BCUT2D eigenvalue weighted by Crippen LogP contribution is 2.09. The van der Waals surface area contributed by atoms with Gasteiger partial charge in [0.2, 0.25) is 0 Å². The van der Waals surface area contributed by atoms with E-state index in [0.717, 1.165) is 13.2 Å². The van der Waals surface area contributed by atoms with Crippen LogP contribution in [0.1, 0.15) is 19.8 Å². The quantitative estimate of drug-likeness (QED) is 0.717. The van der Waals surface area contributed by atoms with E-state index in [0.29, 0.717) is 6.42 Å². The largest absolute Gasteiger partial charge is 0.481 e. The predicted octanol–water partition coefficient (Wildman–Crippen LogP) is 0.650. The fourth-order valence-corrected chi connectivity index (χ4v) is 1.39. The molecule has 0 aliphatic carbocycles. The van der Waals surface area contributed by atoms with Gasteiger partial charge in [-0.1, -0.05) is 0 Å². The zero-order chi connectivity index (χ0) is 8.97. The fourth-order valence-electron chi connectivity index (χ4n) is 1.39. The van der Waals surface area contributed by atoms with E-state index in [1.165, 1.54) is 0 Å². The van der Waals surface area contributed by atoms with E-state index in [1.807, 2.05) is 6.92 Å². The van der Waals surface area contributed by atoms with Crippen molar-refractivity contribution >= 4 is 18.4 Å². The van der Waals surface area contributed by atoms with Crippen molar-refractivity contribution in [3.63, 3.8) is 0 Å². The minimum absolute atomic E-state index is 0. The minimum Gasteiger partial charge on any atom is -0.481 e. The number of aliphatic carboxylic acids is 1. The Balaban J connectivity index is 0.00000144. The highest BCUT2D eigenvalue weighted by atomic mass is 35.5. The summed E-state index contributed by atoms with van der Waals surface area (Å²) >= 11 is 0. The molecule has 1 aliphatic rings. The van der Waals surface area contributed by atoms with Crippen LogP contribution in [0.2, 0.25) is 0 Å². The first kappa shape index (κ1) is 12.7. The first-order chi connectivity index (χ1) is 5.70. The third-order valence-electron chi connectivity index (χ3n) is 2.13. The highest BCUT2D eigenvalue weighted by molar-refractivity contribution is 5.85. The Morgan fingerprint density at radius 1 is 1.69 bits per heavy atom. The molecule has 1 rings (SSSR count). The molecule has 2 atom stereocenters. The van der Waals surface area contributed by atoms with Crippen LogP contribution in [0, 0.1) is 0 Å². The number of carboxylic acid groups (broad SMARTS) is 1. The summed E-state index contributed by atoms with van der Waals surface area (Å²) < 4.78 is 5.37. The van der Waals surface area contributed by atoms with E-state index in [2.05, 4.69) is 5.32 Å². The molecule has 0 saturated carbocycles. The van der Waals surface area contributed by atoms with E-state index in [1.54, 1.807) is 0 Å². The monoisotopic (exact) mass is 209 g/mol. The molecule has 4 nitrogen and oxygen atoms in total. The van der Waals surface area contributed by atoms with Gasteiger partial charge in [0.05, 0.1) is 12.7 Å². The van der Waals surface area contributed by atoms with Crippen molar-refractivity contribution in [2.75, 3.05) is 13.2 Å². The van der Waals surface area contributed by atoms with Gasteiger partial charge in [0.1, 0.15) is 0 Å². The van der Waals surface area contributed by atoms with Gasteiger partial charge in [-0.15, -0.1) is 12.4 Å². The molecule has 1 heterocycles. The van der Waals surface area contributed by atoms with Crippen molar-refractivity contribution < 1.29 is 14.6 Å². The molecule has 0 spiro atoms. The van der Waals surface area contributed by atoms with Crippen molar-refractivity contribution in [3.05, 3.63) is 0 Å². The molecule has 78 valence electrons. The second-order valence-electron chi connectivity index (χ2n) is 3.07. The Morgan fingerprint density at radius 3 is 2.92 bits per heavy atom. The number of morpholine rings is 1. The Morgan fingerprint density at radius 2 is 2.38 bits per heavy atom. The van der Waals surface area contributed by atoms with Crippen LogP contribution < -0.4 is 5.32 Å². The summed E-state index contributed by atoms with van der Waals surface area (Å²) in [6.07, 6.45) is 1.00. The Labute approximate surface area is 84.1 Å². The van der Waals surface area contributed by atoms with Gasteiger partial charge >= 0.3 is 5.97 Å². The van der Waals surface area contributed by atoms with Crippen molar-refractivity contribution in [2.45, 2.75) is 31.9 Å². The second-order valence-corrected chi connectivity index (χ2v) is 3.07. The van der Waals surface area contributed by atoms with Gasteiger partial charge in [0.15, 0.2) is 0 Å². The van der Waals surface area contributed by atoms with Crippen LogP contribution in [0.3, 0.4) is 0 Å². The average Bonchev–Trinajstić information content (AvgIpc) is 2.03. The second kappa shape index (κ2) is 6.18. The number of ether oxygens (including phenoxy) is 1. The predicted molar refractivity (Wildman–Crippen MR) is 51.3 cm³/mol. The molecular formula is C8H16ClNO3. The van der Waals surface area contributed by atoms with Crippen molar-refractivity contribution in [2.24, 2.45) is 0 Å². The van der Waals surface area contributed by atoms with Crippen LogP contribution in [0.4, 0.5) is 0 Å². The lowest BCUT2D eigenvalue weighted by Gasteiger charge is -2.29. The first-order valence-corrected chi connectivity index (χ1v) is 4.27. The number of hydrogen-bond acceptors (Lipinski definition) is 3. The summed E-state index contributed by atoms with van der Waals surface area (Å²) in [5.41, 5.74) is 0. The van der Waals surface area contributed by atoms with Crippen LogP contribution in [-0.4, -0.2) is 36.4 Å². The van der Waals surface area contributed by atoms with Gasteiger partial charge in [-0.05, 0) is 13.3 Å². The molecule has 0 radical (unpaired) electrons. The molecule has 2 N–H and O–H groups in total. The van der Waals surface area contributed by atoms with E-state index < -0.39 is 5.97 Å². The number of nitrogens with one attached hydrogen (secondary N) is 1. The lowest BCUT2D eigenvalue weighted by molar-refractivity contribution is -0.137. The molecule has 0 aromatic heterocycles. The van der Waals surface area contributed by atoms with Gasteiger partial charge in [0, 0.05) is 19.0 Å². The smallest absolute Gasteiger partial charge is 0.303 e. The lowest BCUT2D eigenvalue weighted by atomic mass is 10.1. The molecule has 0 aromatic rings. The highest BCUT2D eigenvalue weighted by Gasteiger charge is 2.21. The average molecular weight is 210 g/mol. The Bertz CT molecular complexity index is 165. The Kier molecular flexibility index (Phi) is 6.03. The number of carbonyl (C=O) groups is 1. The summed E-state index contributed by atoms with van der Waals surface area (Å²) in [7, 11) is 0. The van der Waals surface area contributed by atoms with Crippen molar-refractivity contribution in [1.82, 2.24) is 5.32 Å². The van der Waals surface area contributed by atoms with Gasteiger partial charge in [-0.3, -0.25) is 4.79 Å². The van der Waals surface area contributed by atoms with E-state index >= 15 is 0 Å². The minimum atomic E-state index is -0.741. The summed E-state index contributed by atoms with van der Waals surface area (Å²) in [4.78, 5) is 10.3. The fraction of sp³-hybridized carbons (Fsp3) is 0.875. The molecule has 1 fully saturated rings. The molecule has 5 heteroatoms. The van der Waals surface area contributed by atoms with Gasteiger partial charge in [-0.2, -0.15) is 0 Å². The molecule has 0 aromatic carbocycles. The number of hydrogen-bond donors (Lipinski definition) is 2.